The molecule has 1 aliphatic carbocycles. The first-order valence-electron chi connectivity index (χ1n) is 11.2. The lowest BCUT2D eigenvalue weighted by Gasteiger charge is -2.42. The number of hydrogen-bond acceptors (Lipinski definition) is 3. The quantitative estimate of drug-likeness (QED) is 0.612. The maximum absolute atomic E-state index is 2.80. The molecule has 1 atom stereocenters. The van der Waals surface area contributed by atoms with Gasteiger partial charge in [0.2, 0.25) is 0 Å². The zero-order valence-electron chi connectivity index (χ0n) is 17.8. The summed E-state index contributed by atoms with van der Waals surface area (Å²) in [5.41, 5.74) is 0. The van der Waals surface area contributed by atoms with Crippen LogP contribution in [-0.4, -0.2) is 72.6 Å². The highest BCUT2D eigenvalue weighted by atomic mass is 15.3. The van der Waals surface area contributed by atoms with Gasteiger partial charge in [0.05, 0.1) is 0 Å². The third-order valence-corrected chi connectivity index (χ3v) is 6.89. The Hall–Kier alpha value is -0.120. The van der Waals surface area contributed by atoms with Gasteiger partial charge in [-0.3, -0.25) is 4.90 Å². The van der Waals surface area contributed by atoms with Crippen molar-refractivity contribution in [2.45, 2.75) is 85.2 Å². The Balaban J connectivity index is 1.58. The lowest BCUT2D eigenvalue weighted by atomic mass is 9.86. The summed E-state index contributed by atoms with van der Waals surface area (Å²) in [6, 6.07) is 1.58. The Morgan fingerprint density at radius 2 is 1.56 bits per heavy atom. The molecular formula is C22H45N3. The topological polar surface area (TPSA) is 9.72 Å². The zero-order chi connectivity index (χ0) is 18.2. The fourth-order valence-corrected chi connectivity index (χ4v) is 4.67. The van der Waals surface area contributed by atoms with Crippen LogP contribution in [0.1, 0.15) is 73.1 Å². The molecule has 3 nitrogen and oxygen atoms in total. The van der Waals surface area contributed by atoms with Crippen LogP contribution in [0.3, 0.4) is 0 Å². The first kappa shape index (κ1) is 21.2. The molecule has 0 aromatic carbocycles. The van der Waals surface area contributed by atoms with Crippen molar-refractivity contribution in [2.75, 3.05) is 45.8 Å². The van der Waals surface area contributed by atoms with Gasteiger partial charge in [0, 0.05) is 38.3 Å². The number of hydrogen-bond donors (Lipinski definition) is 0. The molecule has 0 bridgehead atoms. The molecule has 148 valence electrons. The van der Waals surface area contributed by atoms with Gasteiger partial charge in [-0.05, 0) is 83.8 Å². The van der Waals surface area contributed by atoms with E-state index in [0.29, 0.717) is 6.04 Å². The Labute approximate surface area is 158 Å². The molecule has 3 heteroatoms. The average molecular weight is 352 g/mol. The molecule has 1 saturated heterocycles. The minimum absolute atomic E-state index is 0.688. The van der Waals surface area contributed by atoms with E-state index in [0.717, 1.165) is 17.9 Å². The van der Waals surface area contributed by atoms with Gasteiger partial charge in [-0.1, -0.05) is 20.8 Å². The summed E-state index contributed by atoms with van der Waals surface area (Å²) in [6.07, 6.45) is 8.52. The minimum atomic E-state index is 0.688. The molecule has 0 N–H and O–H groups in total. The van der Waals surface area contributed by atoms with Crippen molar-refractivity contribution in [2.24, 2.45) is 11.8 Å². The van der Waals surface area contributed by atoms with Crippen molar-refractivity contribution in [1.29, 1.82) is 0 Å². The maximum Gasteiger partial charge on any atom is 0.0113 e. The lowest BCUT2D eigenvalue weighted by molar-refractivity contribution is 0.0693. The summed E-state index contributed by atoms with van der Waals surface area (Å²) in [6.45, 7) is 20.8. The van der Waals surface area contributed by atoms with E-state index < -0.39 is 0 Å². The van der Waals surface area contributed by atoms with Crippen LogP contribution in [0.5, 0.6) is 0 Å². The summed E-state index contributed by atoms with van der Waals surface area (Å²) in [4.78, 5) is 8.12. The van der Waals surface area contributed by atoms with Gasteiger partial charge in [0.15, 0.2) is 0 Å². The molecule has 2 aliphatic rings. The van der Waals surface area contributed by atoms with Crippen LogP contribution < -0.4 is 0 Å². The van der Waals surface area contributed by atoms with E-state index in [9.17, 15) is 0 Å². The van der Waals surface area contributed by atoms with Crippen LogP contribution in [0.15, 0.2) is 0 Å². The number of nitrogens with zero attached hydrogens (tertiary/aromatic N) is 3. The zero-order valence-corrected chi connectivity index (χ0v) is 17.8. The largest absolute Gasteiger partial charge is 0.301 e. The molecule has 0 aromatic heterocycles. The predicted molar refractivity (Wildman–Crippen MR) is 110 cm³/mol. The maximum atomic E-state index is 2.80. The first-order valence-corrected chi connectivity index (χ1v) is 11.2. The van der Waals surface area contributed by atoms with Gasteiger partial charge in [0.25, 0.3) is 0 Å². The highest BCUT2D eigenvalue weighted by Crippen LogP contribution is 2.27. The molecular weight excluding hydrogens is 306 g/mol. The SMILES string of the molecule is CCN(CCC(C)CCN1CCN(C2CCC(C)CC2)CC1)C(C)C. The minimum Gasteiger partial charge on any atom is -0.301 e. The van der Waals surface area contributed by atoms with Gasteiger partial charge >= 0.3 is 0 Å². The van der Waals surface area contributed by atoms with Crippen LogP contribution in [-0.2, 0) is 0 Å². The van der Waals surface area contributed by atoms with Crippen LogP contribution in [0.4, 0.5) is 0 Å². The molecule has 25 heavy (non-hydrogen) atoms. The van der Waals surface area contributed by atoms with E-state index in [-0.39, 0.29) is 0 Å². The molecule has 1 saturated carbocycles. The molecule has 1 aliphatic heterocycles. The standard InChI is InChI=1S/C22H45N3/c1-6-24(19(2)3)14-12-21(5)11-13-23-15-17-25(18-16-23)22-9-7-20(4)8-10-22/h19-22H,6-18H2,1-5H3. The summed E-state index contributed by atoms with van der Waals surface area (Å²) >= 11 is 0. The van der Waals surface area contributed by atoms with E-state index in [4.69, 9.17) is 0 Å². The number of piperazine rings is 1. The van der Waals surface area contributed by atoms with Gasteiger partial charge < -0.3 is 9.80 Å². The number of rotatable bonds is 9. The monoisotopic (exact) mass is 351 g/mol. The summed E-state index contributed by atoms with van der Waals surface area (Å²) in [5.74, 6) is 1.82. The second-order valence-corrected chi connectivity index (χ2v) is 9.20. The molecule has 0 aromatic rings. The molecule has 2 fully saturated rings. The molecule has 1 heterocycles. The third kappa shape index (κ3) is 7.19. The first-order chi connectivity index (χ1) is 12.0. The smallest absolute Gasteiger partial charge is 0.0113 e. The van der Waals surface area contributed by atoms with Gasteiger partial charge in [-0.15, -0.1) is 0 Å². The third-order valence-electron chi connectivity index (χ3n) is 6.89. The summed E-state index contributed by atoms with van der Waals surface area (Å²) in [5, 5.41) is 0. The molecule has 0 radical (unpaired) electrons. The van der Waals surface area contributed by atoms with Crippen molar-refractivity contribution >= 4 is 0 Å². The van der Waals surface area contributed by atoms with Crippen molar-refractivity contribution in [3.05, 3.63) is 0 Å². The lowest BCUT2D eigenvalue weighted by Crippen LogP contribution is -2.51. The second-order valence-electron chi connectivity index (χ2n) is 9.20. The van der Waals surface area contributed by atoms with E-state index in [1.165, 1.54) is 84.3 Å². The van der Waals surface area contributed by atoms with Crippen LogP contribution in [0, 0.1) is 11.8 Å². The van der Waals surface area contributed by atoms with Gasteiger partial charge in [0.1, 0.15) is 0 Å². The van der Waals surface area contributed by atoms with Crippen LogP contribution >= 0.6 is 0 Å². The van der Waals surface area contributed by atoms with Crippen LogP contribution in [0.2, 0.25) is 0 Å². The van der Waals surface area contributed by atoms with Gasteiger partial charge in [-0.2, -0.15) is 0 Å². The Morgan fingerprint density at radius 3 is 2.12 bits per heavy atom. The van der Waals surface area contributed by atoms with E-state index in [2.05, 4.69) is 49.3 Å². The van der Waals surface area contributed by atoms with Crippen molar-refractivity contribution in [3.8, 4) is 0 Å². The highest BCUT2D eigenvalue weighted by molar-refractivity contribution is 4.82. The second kappa shape index (κ2) is 10.9. The molecule has 1 unspecified atom stereocenters. The van der Waals surface area contributed by atoms with Crippen molar-refractivity contribution in [3.63, 3.8) is 0 Å². The van der Waals surface area contributed by atoms with E-state index in [1.807, 2.05) is 0 Å². The summed E-state index contributed by atoms with van der Waals surface area (Å²) < 4.78 is 0. The van der Waals surface area contributed by atoms with Gasteiger partial charge in [-0.25, -0.2) is 0 Å². The van der Waals surface area contributed by atoms with E-state index in [1.54, 1.807) is 0 Å². The van der Waals surface area contributed by atoms with Crippen molar-refractivity contribution in [1.82, 2.24) is 14.7 Å². The predicted octanol–water partition coefficient (Wildman–Crippen LogP) is 4.33. The fourth-order valence-electron chi connectivity index (χ4n) is 4.67. The Bertz CT molecular complexity index is 341. The Morgan fingerprint density at radius 1 is 0.920 bits per heavy atom. The van der Waals surface area contributed by atoms with Crippen LogP contribution in [0.25, 0.3) is 0 Å². The van der Waals surface area contributed by atoms with E-state index >= 15 is 0 Å². The molecule has 0 spiro atoms. The highest BCUT2D eigenvalue weighted by Gasteiger charge is 2.26. The normalized spacial score (nSPS) is 28.0. The Kier molecular flexibility index (Phi) is 9.23. The molecule has 0 amide bonds. The van der Waals surface area contributed by atoms with Crippen molar-refractivity contribution < 1.29 is 0 Å². The fraction of sp³-hybridized carbons (Fsp3) is 1.00. The molecule has 2 rings (SSSR count). The average Bonchev–Trinajstić information content (AvgIpc) is 2.61. The summed E-state index contributed by atoms with van der Waals surface area (Å²) in [7, 11) is 0.